The van der Waals surface area contributed by atoms with Crippen molar-refractivity contribution >= 4 is 28.8 Å². The summed E-state index contributed by atoms with van der Waals surface area (Å²) in [4.78, 5) is 32.8. The highest BCUT2D eigenvalue weighted by Gasteiger charge is 2.36. The molecule has 0 bridgehead atoms. The topological polar surface area (TPSA) is 84.0 Å². The Labute approximate surface area is 154 Å². The van der Waals surface area contributed by atoms with E-state index in [-0.39, 0.29) is 23.4 Å². The molecule has 1 aliphatic rings. The Hall–Kier alpha value is -2.61. The van der Waals surface area contributed by atoms with Gasteiger partial charge in [-0.15, -0.1) is 11.3 Å². The fourth-order valence-electron chi connectivity index (χ4n) is 3.34. The summed E-state index contributed by atoms with van der Waals surface area (Å²) in [5.41, 5.74) is 1.16. The molecular weight excluding hydrogens is 355 g/mol. The molecule has 2 N–H and O–H groups in total. The lowest BCUT2D eigenvalue weighted by Crippen LogP contribution is -2.35. The Morgan fingerprint density at radius 1 is 1.42 bits per heavy atom. The second-order valence-corrected chi connectivity index (χ2v) is 6.97. The third kappa shape index (κ3) is 3.50. The molecule has 0 spiro atoms. The van der Waals surface area contributed by atoms with Crippen LogP contribution in [0.1, 0.15) is 30.7 Å². The smallest absolute Gasteiger partial charge is 0.249 e. The van der Waals surface area contributed by atoms with Crippen LogP contribution in [-0.4, -0.2) is 28.8 Å². The number of hydrogen-bond donors (Lipinski definition) is 2. The molecule has 136 valence electrons. The number of rotatable bonds is 5. The molecule has 1 fully saturated rings. The molecule has 0 saturated heterocycles. The van der Waals surface area contributed by atoms with Gasteiger partial charge >= 0.3 is 0 Å². The number of hydrogen-bond acceptors (Lipinski definition) is 6. The van der Waals surface area contributed by atoms with Gasteiger partial charge in [0, 0.05) is 13.0 Å². The molecule has 1 aliphatic carbocycles. The van der Waals surface area contributed by atoms with Gasteiger partial charge in [0.25, 0.3) is 0 Å². The van der Waals surface area contributed by atoms with Crippen LogP contribution in [0.4, 0.5) is 10.1 Å². The van der Waals surface area contributed by atoms with Gasteiger partial charge in [0.1, 0.15) is 5.69 Å². The minimum Gasteiger partial charge on any atom is -0.383 e. The Morgan fingerprint density at radius 3 is 2.92 bits per heavy atom. The monoisotopic (exact) mass is 374 g/mol. The van der Waals surface area contributed by atoms with Gasteiger partial charge in [0.15, 0.2) is 5.82 Å². The maximum atomic E-state index is 14.0. The Morgan fingerprint density at radius 2 is 2.23 bits per heavy atom. The lowest BCUT2D eigenvalue weighted by molar-refractivity contribution is -0.130. The van der Waals surface area contributed by atoms with Crippen LogP contribution in [0.2, 0.25) is 0 Å². The molecule has 8 heteroatoms. The van der Waals surface area contributed by atoms with Crippen LogP contribution in [0.5, 0.6) is 0 Å². The first-order valence-corrected chi connectivity index (χ1v) is 9.18. The predicted octanol–water partition coefficient (Wildman–Crippen LogP) is 3.10. The predicted molar refractivity (Wildman–Crippen MR) is 98.3 cm³/mol. The number of halogens is 1. The maximum absolute atomic E-state index is 14.0. The largest absolute Gasteiger partial charge is 0.383 e. The van der Waals surface area contributed by atoms with Crippen molar-refractivity contribution in [2.45, 2.75) is 25.2 Å². The first-order chi connectivity index (χ1) is 12.5. The average molecular weight is 374 g/mol. The first kappa shape index (κ1) is 18.2. The van der Waals surface area contributed by atoms with Gasteiger partial charge in [-0.2, -0.15) is 9.37 Å². The molecule has 0 radical (unpaired) electrons. The van der Waals surface area contributed by atoms with Gasteiger partial charge in [0.2, 0.25) is 17.8 Å². The summed E-state index contributed by atoms with van der Waals surface area (Å²) in [5.74, 6) is -1.47. The van der Waals surface area contributed by atoms with Crippen molar-refractivity contribution in [2.75, 3.05) is 12.4 Å². The van der Waals surface area contributed by atoms with E-state index >= 15 is 0 Å². The third-order valence-corrected chi connectivity index (χ3v) is 5.52. The molecular formula is C18H19FN4O2S. The summed E-state index contributed by atoms with van der Waals surface area (Å²) >= 11 is 1.42. The molecule has 2 heterocycles. The molecule has 2 aromatic rings. The summed E-state index contributed by atoms with van der Waals surface area (Å²) in [7, 11) is 1.60. The number of amides is 2. The Balaban J connectivity index is 1.89. The zero-order valence-electron chi connectivity index (χ0n) is 14.3. The van der Waals surface area contributed by atoms with Gasteiger partial charge in [-0.25, -0.2) is 4.98 Å². The van der Waals surface area contributed by atoms with E-state index in [0.29, 0.717) is 12.2 Å². The minimum atomic E-state index is -0.617. The number of nitrogens with one attached hydrogen (secondary N) is 2. The van der Waals surface area contributed by atoms with E-state index in [1.54, 1.807) is 7.05 Å². The van der Waals surface area contributed by atoms with E-state index in [0.717, 1.165) is 29.4 Å². The highest BCUT2D eigenvalue weighted by atomic mass is 32.1. The number of nitrogens with zero attached hydrogens (tertiary/aromatic N) is 2. The summed E-state index contributed by atoms with van der Waals surface area (Å²) in [6, 6.07) is 1.93. The zero-order chi connectivity index (χ0) is 18.7. The van der Waals surface area contributed by atoms with E-state index in [2.05, 4.69) is 27.2 Å². The maximum Gasteiger partial charge on any atom is 0.249 e. The Kier molecular flexibility index (Phi) is 5.41. The number of carbonyl (C=O) groups excluding carboxylic acids is 2. The Bertz CT molecular complexity index is 851. The van der Waals surface area contributed by atoms with Crippen molar-refractivity contribution in [3.63, 3.8) is 0 Å². The number of imide groups is 1. The molecule has 2 aromatic heterocycles. The van der Waals surface area contributed by atoms with Gasteiger partial charge in [-0.05, 0) is 41.8 Å². The summed E-state index contributed by atoms with van der Waals surface area (Å²) in [6.45, 7) is 3.37. The van der Waals surface area contributed by atoms with E-state index in [1.165, 1.54) is 17.5 Å². The lowest BCUT2D eigenvalue weighted by Gasteiger charge is -2.19. The summed E-state index contributed by atoms with van der Waals surface area (Å²) in [6.07, 6.45) is 4.89. The number of thiophene rings is 1. The second kappa shape index (κ2) is 7.74. The standard InChI is InChI=1S/C18H19FN4O2S/c1-3-14(24)22-18(25)12-6-4-5-10(12)11-7-8-26-15(11)17-21-9-13(20-2)16(19)23-17/h3,7-10,12,20H,1,4-6H2,2H3,(H,22,24,25)/t10-,12+/m0/s1. The molecule has 26 heavy (non-hydrogen) atoms. The van der Waals surface area contributed by atoms with Crippen molar-refractivity contribution in [3.05, 3.63) is 41.8 Å². The second-order valence-electron chi connectivity index (χ2n) is 6.05. The van der Waals surface area contributed by atoms with E-state index in [4.69, 9.17) is 0 Å². The van der Waals surface area contributed by atoms with Crippen molar-refractivity contribution < 1.29 is 14.0 Å². The van der Waals surface area contributed by atoms with Crippen molar-refractivity contribution in [1.29, 1.82) is 0 Å². The van der Waals surface area contributed by atoms with E-state index in [1.807, 2.05) is 11.4 Å². The van der Waals surface area contributed by atoms with Crippen LogP contribution in [0.15, 0.2) is 30.3 Å². The zero-order valence-corrected chi connectivity index (χ0v) is 15.1. The van der Waals surface area contributed by atoms with Crippen LogP contribution in [-0.2, 0) is 9.59 Å². The quantitative estimate of drug-likeness (QED) is 0.621. The van der Waals surface area contributed by atoms with E-state index in [9.17, 15) is 14.0 Å². The lowest BCUT2D eigenvalue weighted by atomic mass is 9.88. The van der Waals surface area contributed by atoms with Gasteiger partial charge < -0.3 is 5.32 Å². The van der Waals surface area contributed by atoms with Crippen molar-refractivity contribution in [2.24, 2.45) is 5.92 Å². The molecule has 0 aromatic carbocycles. The summed E-state index contributed by atoms with van der Waals surface area (Å²) in [5, 5.41) is 6.94. The number of aromatic nitrogens is 2. The molecule has 1 saturated carbocycles. The number of anilines is 1. The van der Waals surface area contributed by atoms with Crippen LogP contribution in [0.3, 0.4) is 0 Å². The van der Waals surface area contributed by atoms with Crippen LogP contribution in [0.25, 0.3) is 10.7 Å². The molecule has 6 nitrogen and oxygen atoms in total. The highest BCUT2D eigenvalue weighted by molar-refractivity contribution is 7.13. The average Bonchev–Trinajstić information content (AvgIpc) is 3.30. The SMILES string of the molecule is C=CC(=O)NC(=O)[C@@H]1CCC[C@H]1c1ccsc1-c1ncc(NC)c(F)n1. The fraction of sp³-hybridized carbons (Fsp3) is 0.333. The highest BCUT2D eigenvalue weighted by Crippen LogP contribution is 2.44. The van der Waals surface area contributed by atoms with Crippen LogP contribution < -0.4 is 10.6 Å². The van der Waals surface area contributed by atoms with Crippen molar-refractivity contribution in [3.8, 4) is 10.7 Å². The van der Waals surface area contributed by atoms with Gasteiger partial charge in [0.05, 0.1) is 11.1 Å². The number of carbonyl (C=O) groups is 2. The van der Waals surface area contributed by atoms with Crippen LogP contribution in [0, 0.1) is 11.9 Å². The third-order valence-electron chi connectivity index (χ3n) is 4.59. The molecule has 3 rings (SSSR count). The fourth-order valence-corrected chi connectivity index (χ4v) is 4.25. The minimum absolute atomic E-state index is 0.0514. The molecule has 2 atom stereocenters. The van der Waals surface area contributed by atoms with Gasteiger partial charge in [-0.1, -0.05) is 13.0 Å². The normalized spacial score (nSPS) is 19.2. The summed E-state index contributed by atoms with van der Waals surface area (Å²) < 4.78 is 14.0. The molecule has 0 unspecified atom stereocenters. The molecule has 0 aliphatic heterocycles. The van der Waals surface area contributed by atoms with E-state index < -0.39 is 11.9 Å². The van der Waals surface area contributed by atoms with Crippen molar-refractivity contribution in [1.82, 2.24) is 15.3 Å². The van der Waals surface area contributed by atoms with Gasteiger partial charge in [-0.3, -0.25) is 14.9 Å². The molecule has 2 amide bonds. The van der Waals surface area contributed by atoms with Crippen LogP contribution >= 0.6 is 11.3 Å². The first-order valence-electron chi connectivity index (χ1n) is 8.30.